The Hall–Kier alpha value is -1.12. The van der Waals surface area contributed by atoms with E-state index in [1.54, 1.807) is 0 Å². The fraction of sp³-hybridized carbons (Fsp3) is 0.500. The molecule has 1 N–H and O–H groups in total. The third-order valence-corrected chi connectivity index (χ3v) is 7.04. The Kier molecular flexibility index (Phi) is 14.7. The molecule has 0 heterocycles. The van der Waals surface area contributed by atoms with E-state index >= 15 is 0 Å². The fourth-order valence-corrected chi connectivity index (χ4v) is 4.05. The molecule has 32 heavy (non-hydrogen) atoms. The maximum Gasteiger partial charge on any atom is 4.00 e. The van der Waals surface area contributed by atoms with E-state index in [1.807, 2.05) is 0 Å². The van der Waals surface area contributed by atoms with Crippen molar-refractivity contribution < 1.29 is 26.2 Å². The van der Waals surface area contributed by atoms with Gasteiger partial charge in [-0.1, -0.05) is 22.3 Å². The van der Waals surface area contributed by atoms with Gasteiger partial charge >= 0.3 is 26.2 Å². The summed E-state index contributed by atoms with van der Waals surface area (Å²) in [5.74, 6) is 0. The molecule has 0 saturated carbocycles. The van der Waals surface area contributed by atoms with Crippen LogP contribution in [0.4, 0.5) is 11.4 Å². The van der Waals surface area contributed by atoms with Crippen molar-refractivity contribution in [2.45, 2.75) is 69.2 Å². The Bertz CT molecular complexity index is 769. The number of hydrogen-bond acceptors (Lipinski definition) is 1. The SMILES string of the molecule is Cc1c(C)c(C)c([N-]CCNCC[N-]c2c(C)c(C)c(C)c(C)c2C)c(C)c1C.[CH3-].[CH3-].[Zr+4]. The van der Waals surface area contributed by atoms with Gasteiger partial charge < -0.3 is 30.8 Å². The minimum Gasteiger partial charge on any atom is -0.683 e. The van der Waals surface area contributed by atoms with Crippen LogP contribution in [0.25, 0.3) is 10.6 Å². The number of rotatable bonds is 8. The van der Waals surface area contributed by atoms with Gasteiger partial charge in [-0.05, 0) is 116 Å². The molecule has 0 saturated heterocycles. The molecule has 0 bridgehead atoms. The summed E-state index contributed by atoms with van der Waals surface area (Å²) in [5.41, 5.74) is 15.9. The number of hydrogen-bond donors (Lipinski definition) is 1. The van der Waals surface area contributed by atoms with Crippen LogP contribution in [0.1, 0.15) is 55.6 Å². The van der Waals surface area contributed by atoms with Gasteiger partial charge in [0.2, 0.25) is 0 Å². The van der Waals surface area contributed by atoms with Crippen LogP contribution in [0.15, 0.2) is 0 Å². The molecule has 176 valence electrons. The first kappa shape index (κ1) is 33.1. The maximum absolute atomic E-state index is 4.89. The number of nitrogens with zero attached hydrogens (tertiary/aromatic N) is 2. The molecular formula is C28H45N3Zr. The van der Waals surface area contributed by atoms with Crippen molar-refractivity contribution in [3.63, 3.8) is 0 Å². The molecule has 0 unspecified atom stereocenters. The molecule has 0 spiro atoms. The molecule has 2 rings (SSSR count). The standard InChI is InChI=1S/C26H39N3.2CH3.Zr/c1-15-17(3)21(7)25(22(8)18(15)4)28-13-11-27-12-14-29-26-23(9)19(5)16(2)20(6)24(26)10;;;/h27H,11-14H2,1-10H3;2*1H3;/q-2;2*-1;+4. The first-order chi connectivity index (χ1) is 13.6. The molecule has 4 heteroatoms. The summed E-state index contributed by atoms with van der Waals surface area (Å²) in [4.78, 5) is 0. The minimum atomic E-state index is 0. The minimum absolute atomic E-state index is 0. The predicted octanol–water partition coefficient (Wildman–Crippen LogP) is 7.97. The van der Waals surface area contributed by atoms with E-state index in [9.17, 15) is 0 Å². The van der Waals surface area contributed by atoms with E-state index < -0.39 is 0 Å². The topological polar surface area (TPSA) is 40.2 Å². The number of benzene rings is 2. The summed E-state index contributed by atoms with van der Waals surface area (Å²) in [6.07, 6.45) is 0. The van der Waals surface area contributed by atoms with Gasteiger partial charge in [0.1, 0.15) is 0 Å². The zero-order valence-electron chi connectivity index (χ0n) is 22.7. The Morgan fingerprint density at radius 2 is 0.656 bits per heavy atom. The summed E-state index contributed by atoms with van der Waals surface area (Å²) in [6, 6.07) is 0. The Balaban J connectivity index is 0. The van der Waals surface area contributed by atoms with E-state index in [4.69, 9.17) is 10.6 Å². The van der Waals surface area contributed by atoms with E-state index in [-0.39, 0.29) is 41.1 Å². The van der Waals surface area contributed by atoms with Crippen LogP contribution >= 0.6 is 0 Å². The Morgan fingerprint density at radius 1 is 0.438 bits per heavy atom. The summed E-state index contributed by atoms with van der Waals surface area (Å²) in [7, 11) is 0. The van der Waals surface area contributed by atoms with Gasteiger partial charge in [0.25, 0.3) is 0 Å². The van der Waals surface area contributed by atoms with Crippen LogP contribution in [0.2, 0.25) is 0 Å². The molecule has 3 nitrogen and oxygen atoms in total. The van der Waals surface area contributed by atoms with Crippen molar-refractivity contribution in [2.75, 3.05) is 26.2 Å². The van der Waals surface area contributed by atoms with Gasteiger partial charge in [-0.3, -0.25) is 0 Å². The quantitative estimate of drug-likeness (QED) is 0.281. The Morgan fingerprint density at radius 3 is 0.906 bits per heavy atom. The van der Waals surface area contributed by atoms with E-state index in [2.05, 4.69) is 74.6 Å². The summed E-state index contributed by atoms with van der Waals surface area (Å²) < 4.78 is 0. The maximum atomic E-state index is 4.89. The van der Waals surface area contributed by atoms with Crippen molar-refractivity contribution >= 4 is 11.4 Å². The third-order valence-electron chi connectivity index (χ3n) is 7.04. The van der Waals surface area contributed by atoms with Gasteiger partial charge in [0.05, 0.1) is 0 Å². The average molecular weight is 515 g/mol. The molecule has 0 atom stereocenters. The normalized spacial score (nSPS) is 10.1. The van der Waals surface area contributed by atoms with Crippen molar-refractivity contribution in [1.82, 2.24) is 5.32 Å². The largest absolute Gasteiger partial charge is 4.00 e. The zero-order valence-corrected chi connectivity index (χ0v) is 25.2. The van der Waals surface area contributed by atoms with Gasteiger partial charge in [-0.2, -0.15) is 0 Å². The van der Waals surface area contributed by atoms with E-state index in [0.717, 1.165) is 26.2 Å². The van der Waals surface area contributed by atoms with Crippen molar-refractivity contribution in [2.24, 2.45) is 0 Å². The zero-order chi connectivity index (χ0) is 21.9. The average Bonchev–Trinajstić information content (AvgIpc) is 2.71. The van der Waals surface area contributed by atoms with Crippen LogP contribution in [-0.2, 0) is 26.2 Å². The molecule has 2 aromatic rings. The van der Waals surface area contributed by atoms with Crippen LogP contribution in [0.5, 0.6) is 0 Å². The smallest absolute Gasteiger partial charge is 0.683 e. The third kappa shape index (κ3) is 6.94. The van der Waals surface area contributed by atoms with Gasteiger partial charge in [-0.15, -0.1) is 24.5 Å². The molecule has 0 radical (unpaired) electrons. The second-order valence-electron chi connectivity index (χ2n) is 8.46. The Labute approximate surface area is 218 Å². The van der Waals surface area contributed by atoms with E-state index in [0.29, 0.717) is 0 Å². The van der Waals surface area contributed by atoms with Gasteiger partial charge in [0, 0.05) is 0 Å². The molecule has 0 amide bonds. The second-order valence-corrected chi connectivity index (χ2v) is 8.46. The monoisotopic (exact) mass is 513 g/mol. The molecule has 0 aromatic heterocycles. The predicted molar refractivity (Wildman–Crippen MR) is 142 cm³/mol. The molecule has 0 aliphatic rings. The van der Waals surface area contributed by atoms with Crippen LogP contribution in [-0.4, -0.2) is 26.2 Å². The second kappa shape index (κ2) is 14.2. The summed E-state index contributed by atoms with van der Waals surface area (Å²) in [5, 5.41) is 13.3. The molecule has 2 aromatic carbocycles. The summed E-state index contributed by atoms with van der Waals surface area (Å²) >= 11 is 0. The molecular weight excluding hydrogens is 470 g/mol. The van der Waals surface area contributed by atoms with Gasteiger partial charge in [-0.25, -0.2) is 0 Å². The number of nitrogens with one attached hydrogen (secondary N) is 1. The molecule has 0 fully saturated rings. The first-order valence-corrected chi connectivity index (χ1v) is 10.8. The first-order valence-electron chi connectivity index (χ1n) is 10.8. The van der Waals surface area contributed by atoms with Crippen molar-refractivity contribution in [3.8, 4) is 0 Å². The summed E-state index contributed by atoms with van der Waals surface area (Å²) in [6.45, 7) is 25.3. The van der Waals surface area contributed by atoms with Crippen LogP contribution in [0, 0.1) is 84.1 Å². The van der Waals surface area contributed by atoms with Crippen LogP contribution < -0.4 is 5.32 Å². The van der Waals surface area contributed by atoms with Crippen LogP contribution in [0.3, 0.4) is 0 Å². The molecule has 0 aliphatic carbocycles. The van der Waals surface area contributed by atoms with Gasteiger partial charge in [0.15, 0.2) is 0 Å². The van der Waals surface area contributed by atoms with Crippen molar-refractivity contribution in [3.05, 3.63) is 81.1 Å². The van der Waals surface area contributed by atoms with E-state index in [1.165, 1.54) is 67.0 Å². The van der Waals surface area contributed by atoms with Crippen molar-refractivity contribution in [1.29, 1.82) is 0 Å². The fourth-order valence-electron chi connectivity index (χ4n) is 4.05. The molecule has 0 aliphatic heterocycles.